The van der Waals surface area contributed by atoms with E-state index in [1.165, 1.54) is 44.3 Å². The molecule has 9 aromatic carbocycles. The van der Waals surface area contributed by atoms with Crippen LogP contribution in [0.1, 0.15) is 111 Å². The van der Waals surface area contributed by atoms with Gasteiger partial charge < -0.3 is 4.57 Å². The summed E-state index contributed by atoms with van der Waals surface area (Å²) in [4.78, 5) is 24.5. The van der Waals surface area contributed by atoms with Gasteiger partial charge in [0.25, 0.3) is 6.71 Å². The summed E-state index contributed by atoms with van der Waals surface area (Å²) in [6, 6.07) is 71.0. The second-order valence-electron chi connectivity index (χ2n) is 27.1. The molecular weight excluding hydrogens is 1010 g/mol. The molecule has 7 nitrogen and oxygen atoms in total. The van der Waals surface area contributed by atoms with Gasteiger partial charge in [-0.15, -0.1) is 0 Å². The molecule has 406 valence electrons. The number of aromatic nitrogens is 4. The summed E-state index contributed by atoms with van der Waals surface area (Å²) in [7, 11) is 0. The van der Waals surface area contributed by atoms with Crippen LogP contribution in [-0.2, 0) is 21.7 Å². The first-order chi connectivity index (χ1) is 39.7. The summed E-state index contributed by atoms with van der Waals surface area (Å²) in [5.41, 5.74) is 21.9. The van der Waals surface area contributed by atoms with Gasteiger partial charge in [0.2, 0.25) is 11.4 Å². The van der Waals surface area contributed by atoms with Crippen molar-refractivity contribution >= 4 is 85.2 Å². The van der Waals surface area contributed by atoms with Crippen LogP contribution in [0.25, 0.3) is 61.7 Å². The Hall–Kier alpha value is -9.01. The van der Waals surface area contributed by atoms with Gasteiger partial charge >= 0.3 is 0 Å². The Morgan fingerprint density at radius 3 is 1.53 bits per heavy atom. The van der Waals surface area contributed by atoms with E-state index in [2.05, 4.69) is 285 Å². The molecule has 8 heteroatoms. The number of para-hydroxylation sites is 1. The first-order valence-electron chi connectivity index (χ1n) is 29.3. The molecule has 0 saturated heterocycles. The zero-order chi connectivity index (χ0) is 57.5. The SMILES string of the molecule is CC(C)(C)c1ccc2c(c1)[N+](=Cc1ccccc1)c1cc(C(C)(C)C)cc3c1N2c1cc(-c2nc(-c4ccccc4)nc(-c4ccccc4)n2)cc2c1B3c1cc(C(C)(C)C)cc3c(=Nc4ccccc4)c4cc(C(C)(C)C)ccc4n-2c13. The summed E-state index contributed by atoms with van der Waals surface area (Å²) < 4.78 is 5.08. The van der Waals surface area contributed by atoms with E-state index in [0.717, 1.165) is 83.5 Å². The molecule has 5 heterocycles. The van der Waals surface area contributed by atoms with Gasteiger partial charge in [-0.3, -0.25) is 4.90 Å². The lowest BCUT2D eigenvalue weighted by atomic mass is 9.33. The van der Waals surface area contributed by atoms with E-state index in [1.54, 1.807) is 0 Å². The lowest BCUT2D eigenvalue weighted by Crippen LogP contribution is -2.61. The molecule has 83 heavy (non-hydrogen) atoms. The Bertz CT molecular complexity index is 4510. The van der Waals surface area contributed by atoms with Gasteiger partial charge in [0.05, 0.1) is 22.1 Å². The molecule has 3 aliphatic rings. The van der Waals surface area contributed by atoms with Crippen LogP contribution in [0.3, 0.4) is 0 Å². The standard InChI is InChI=1S/C75H69BN7/c1-72(2,3)50-33-35-59-55(39-50)66(77-54-31-23-16-24-32-54)56-40-52(74(7,8)9)41-57-67(56)82(59)62-37-49(71-79-69(47-27-19-14-20-28-47)78-70(80-71)48-29-21-15-22-30-48)38-63-65(62)76(57)58-42-53(75(10,11)12)44-64-68(58)83(63)60-36-34-51(73(4,5)6)43-61(60)81(64)45-46-25-17-13-18-26-46/h13-45H,1-12H3/q+1. The van der Waals surface area contributed by atoms with Crippen molar-refractivity contribution in [3.8, 4) is 39.9 Å². The number of benzene rings is 9. The normalized spacial score (nSPS) is 14.3. The van der Waals surface area contributed by atoms with Gasteiger partial charge in [-0.2, -0.15) is 4.58 Å². The zero-order valence-electron chi connectivity index (χ0n) is 49.8. The number of fused-ring (bicyclic) bond motifs is 8. The molecule has 0 saturated carbocycles. The van der Waals surface area contributed by atoms with Crippen molar-refractivity contribution in [3.63, 3.8) is 0 Å². The Morgan fingerprint density at radius 1 is 0.434 bits per heavy atom. The average molecular weight is 1080 g/mol. The summed E-state index contributed by atoms with van der Waals surface area (Å²) in [5, 5.41) is 3.19. The fraction of sp³-hybridized carbons (Fsp3) is 0.213. The van der Waals surface area contributed by atoms with Gasteiger partial charge in [0, 0.05) is 56.5 Å². The van der Waals surface area contributed by atoms with Crippen LogP contribution < -0.4 is 31.2 Å². The molecule has 0 fully saturated rings. The van der Waals surface area contributed by atoms with Crippen LogP contribution in [0.15, 0.2) is 199 Å². The van der Waals surface area contributed by atoms with Gasteiger partial charge in [-0.05, 0) is 121 Å². The third-order valence-electron chi connectivity index (χ3n) is 17.2. The van der Waals surface area contributed by atoms with Crippen molar-refractivity contribution < 1.29 is 0 Å². The van der Waals surface area contributed by atoms with Crippen LogP contribution in [-0.4, -0.2) is 32.4 Å². The quantitative estimate of drug-likeness (QED) is 0.0979. The predicted octanol–water partition coefficient (Wildman–Crippen LogP) is 16.3. The Kier molecular flexibility index (Phi) is 11.8. The second kappa shape index (κ2) is 18.8. The molecule has 0 aliphatic carbocycles. The molecule has 0 amide bonds. The highest BCUT2D eigenvalue weighted by molar-refractivity contribution is 7.00. The first-order valence-corrected chi connectivity index (χ1v) is 29.3. The third-order valence-corrected chi connectivity index (χ3v) is 17.2. The molecular formula is C75H69BN7+. The van der Waals surface area contributed by atoms with Crippen molar-refractivity contribution in [1.29, 1.82) is 0 Å². The first kappa shape index (κ1) is 52.1. The van der Waals surface area contributed by atoms with Gasteiger partial charge in [0.1, 0.15) is 11.4 Å². The molecule has 0 N–H and O–H groups in total. The molecule has 0 radical (unpaired) electrons. The molecule has 0 unspecified atom stereocenters. The maximum atomic E-state index is 5.74. The summed E-state index contributed by atoms with van der Waals surface area (Å²) in [6.45, 7) is 27.8. The summed E-state index contributed by atoms with van der Waals surface area (Å²) in [5.74, 6) is 1.84. The van der Waals surface area contributed by atoms with Gasteiger partial charge in [-0.1, -0.05) is 204 Å². The van der Waals surface area contributed by atoms with Crippen molar-refractivity contribution in [1.82, 2.24) is 24.1 Å². The topological polar surface area (TPSA) is 62.2 Å². The highest BCUT2D eigenvalue weighted by Crippen LogP contribution is 2.54. The van der Waals surface area contributed by atoms with E-state index in [0.29, 0.717) is 17.5 Å². The molecule has 3 aliphatic heterocycles. The van der Waals surface area contributed by atoms with E-state index >= 15 is 0 Å². The molecule has 11 aromatic rings. The highest BCUT2D eigenvalue weighted by atomic mass is 15.2. The Morgan fingerprint density at radius 2 is 0.928 bits per heavy atom. The van der Waals surface area contributed by atoms with Gasteiger partial charge in [0.15, 0.2) is 23.7 Å². The van der Waals surface area contributed by atoms with Crippen molar-refractivity contribution in [2.75, 3.05) is 4.90 Å². The number of rotatable bonds is 5. The van der Waals surface area contributed by atoms with Crippen molar-refractivity contribution in [3.05, 3.63) is 227 Å². The zero-order valence-corrected chi connectivity index (χ0v) is 49.8. The largest absolute Gasteiger partial charge is 0.310 e. The van der Waals surface area contributed by atoms with Crippen LogP contribution in [0.2, 0.25) is 0 Å². The molecule has 0 spiro atoms. The summed E-state index contributed by atoms with van der Waals surface area (Å²) >= 11 is 0. The fourth-order valence-corrected chi connectivity index (χ4v) is 12.7. The van der Waals surface area contributed by atoms with E-state index in [-0.39, 0.29) is 28.4 Å². The monoisotopic (exact) mass is 1080 g/mol. The van der Waals surface area contributed by atoms with Crippen LogP contribution in [0.4, 0.5) is 34.1 Å². The molecule has 2 aromatic heterocycles. The van der Waals surface area contributed by atoms with Crippen molar-refractivity contribution in [2.45, 2.75) is 105 Å². The molecule has 0 bridgehead atoms. The fourth-order valence-electron chi connectivity index (χ4n) is 12.7. The third kappa shape index (κ3) is 8.76. The van der Waals surface area contributed by atoms with E-state index in [4.69, 9.17) is 19.9 Å². The number of nitrogens with zero attached hydrogens (tertiary/aromatic N) is 7. The lowest BCUT2D eigenvalue weighted by Gasteiger charge is -2.43. The Labute approximate surface area is 488 Å². The van der Waals surface area contributed by atoms with Crippen LogP contribution in [0.5, 0.6) is 0 Å². The number of hydrogen-bond donors (Lipinski definition) is 0. The molecule has 14 rings (SSSR count). The van der Waals surface area contributed by atoms with Crippen LogP contribution in [0, 0.1) is 0 Å². The summed E-state index contributed by atoms with van der Waals surface area (Å²) in [6.07, 6.45) is 2.35. The highest BCUT2D eigenvalue weighted by Gasteiger charge is 2.49. The predicted molar refractivity (Wildman–Crippen MR) is 349 cm³/mol. The number of hydrogen-bond acceptors (Lipinski definition) is 5. The molecule has 0 atom stereocenters. The van der Waals surface area contributed by atoms with Crippen LogP contribution >= 0.6 is 0 Å². The van der Waals surface area contributed by atoms with E-state index < -0.39 is 0 Å². The maximum Gasteiger partial charge on any atom is 0.252 e. The second-order valence-corrected chi connectivity index (χ2v) is 27.1. The van der Waals surface area contributed by atoms with E-state index in [9.17, 15) is 0 Å². The smallest absolute Gasteiger partial charge is 0.252 e. The lowest BCUT2D eigenvalue weighted by molar-refractivity contribution is 0.589. The number of anilines is 3. The minimum absolute atomic E-state index is 0.118. The van der Waals surface area contributed by atoms with E-state index in [1.807, 2.05) is 12.1 Å². The van der Waals surface area contributed by atoms with Gasteiger partial charge in [-0.25, -0.2) is 19.9 Å². The minimum atomic E-state index is -0.209. The Balaban J connectivity index is 1.21. The maximum absolute atomic E-state index is 5.74. The number of pyridine rings is 1. The average Bonchev–Trinajstić information content (AvgIpc) is 0.805. The van der Waals surface area contributed by atoms with Crippen molar-refractivity contribution in [2.24, 2.45) is 4.99 Å². The minimum Gasteiger partial charge on any atom is -0.310 e.